The van der Waals surface area contributed by atoms with Crippen LogP contribution in [0.5, 0.6) is 5.75 Å². The van der Waals surface area contributed by atoms with Crippen LogP contribution in [0.3, 0.4) is 0 Å². The Balaban J connectivity index is 1.51. The Labute approximate surface area is 167 Å². The lowest BCUT2D eigenvalue weighted by atomic mass is 10.1. The van der Waals surface area contributed by atoms with Crippen LogP contribution < -0.4 is 10.1 Å². The summed E-state index contributed by atoms with van der Waals surface area (Å²) in [5.74, 6) is 0.638. The van der Waals surface area contributed by atoms with Crippen molar-refractivity contribution in [3.63, 3.8) is 0 Å². The summed E-state index contributed by atoms with van der Waals surface area (Å²) in [5, 5.41) is 2.98. The van der Waals surface area contributed by atoms with Crippen LogP contribution in [0.1, 0.15) is 29.2 Å². The molecule has 5 nitrogen and oxygen atoms in total. The van der Waals surface area contributed by atoms with E-state index in [1.165, 1.54) is 11.1 Å². The molecule has 28 heavy (non-hydrogen) atoms. The third-order valence-corrected chi connectivity index (χ3v) is 4.97. The molecule has 1 unspecified atom stereocenters. The van der Waals surface area contributed by atoms with Crippen molar-refractivity contribution in [2.75, 3.05) is 26.3 Å². The predicted octanol–water partition coefficient (Wildman–Crippen LogP) is 3.22. The van der Waals surface area contributed by atoms with Gasteiger partial charge in [-0.1, -0.05) is 42.0 Å². The van der Waals surface area contributed by atoms with Crippen molar-refractivity contribution in [1.82, 2.24) is 10.2 Å². The van der Waals surface area contributed by atoms with Gasteiger partial charge in [0, 0.05) is 26.2 Å². The molecule has 1 aliphatic heterocycles. The number of benzene rings is 2. The zero-order valence-corrected chi connectivity index (χ0v) is 17.0. The zero-order chi connectivity index (χ0) is 19.9. The summed E-state index contributed by atoms with van der Waals surface area (Å²) in [6.45, 7) is 10.8. The molecule has 1 saturated heterocycles. The number of rotatable bonds is 7. The van der Waals surface area contributed by atoms with Crippen LogP contribution in [0.2, 0.25) is 0 Å². The van der Waals surface area contributed by atoms with Crippen molar-refractivity contribution in [2.24, 2.45) is 0 Å². The van der Waals surface area contributed by atoms with Crippen LogP contribution in [0.4, 0.5) is 0 Å². The monoisotopic (exact) mass is 382 g/mol. The average molecular weight is 383 g/mol. The molecule has 3 rings (SSSR count). The molecular formula is C23H30N2O3. The lowest BCUT2D eigenvalue weighted by Gasteiger charge is -2.26. The van der Waals surface area contributed by atoms with E-state index in [1.54, 1.807) is 6.92 Å². The van der Waals surface area contributed by atoms with Crippen LogP contribution in [0.15, 0.2) is 42.5 Å². The van der Waals surface area contributed by atoms with Crippen molar-refractivity contribution in [3.05, 3.63) is 64.7 Å². The standard InChI is InChI=1S/C23H30N2O3/c1-17-7-8-22(18(2)13-17)28-19(3)23(26)24-15-20-5-4-6-21(14-20)16-25-9-11-27-12-10-25/h4-8,13-14,19H,9-12,15-16H2,1-3H3,(H,24,26). The highest BCUT2D eigenvalue weighted by atomic mass is 16.5. The Hall–Kier alpha value is -2.37. The minimum atomic E-state index is -0.544. The van der Waals surface area contributed by atoms with Gasteiger partial charge in [0.25, 0.3) is 5.91 Å². The minimum Gasteiger partial charge on any atom is -0.481 e. The van der Waals surface area contributed by atoms with E-state index < -0.39 is 6.10 Å². The second-order valence-corrected chi connectivity index (χ2v) is 7.46. The van der Waals surface area contributed by atoms with Crippen LogP contribution in [-0.4, -0.2) is 43.2 Å². The average Bonchev–Trinajstić information content (AvgIpc) is 2.69. The first-order chi connectivity index (χ1) is 13.5. The lowest BCUT2D eigenvalue weighted by Crippen LogP contribution is -2.36. The summed E-state index contributed by atoms with van der Waals surface area (Å²) in [4.78, 5) is 14.8. The molecule has 1 N–H and O–H groups in total. The number of carbonyl (C=O) groups is 1. The number of hydrogen-bond donors (Lipinski definition) is 1. The fourth-order valence-corrected chi connectivity index (χ4v) is 3.36. The van der Waals surface area contributed by atoms with Crippen molar-refractivity contribution in [3.8, 4) is 5.75 Å². The fraction of sp³-hybridized carbons (Fsp3) is 0.435. The Morgan fingerprint density at radius 1 is 1.14 bits per heavy atom. The highest BCUT2D eigenvalue weighted by Gasteiger charge is 2.16. The lowest BCUT2D eigenvalue weighted by molar-refractivity contribution is -0.127. The smallest absolute Gasteiger partial charge is 0.261 e. The Morgan fingerprint density at radius 3 is 2.64 bits per heavy atom. The maximum atomic E-state index is 12.4. The summed E-state index contributed by atoms with van der Waals surface area (Å²) in [6.07, 6.45) is -0.544. The second-order valence-electron chi connectivity index (χ2n) is 7.46. The van der Waals surface area contributed by atoms with Gasteiger partial charge in [-0.25, -0.2) is 0 Å². The second kappa shape index (κ2) is 9.71. The van der Waals surface area contributed by atoms with E-state index >= 15 is 0 Å². The molecule has 0 radical (unpaired) electrons. The first kappa shape index (κ1) is 20.4. The first-order valence-electron chi connectivity index (χ1n) is 9.91. The van der Waals surface area contributed by atoms with E-state index in [9.17, 15) is 4.79 Å². The van der Waals surface area contributed by atoms with E-state index in [0.717, 1.165) is 49.7 Å². The summed E-state index contributed by atoms with van der Waals surface area (Å²) in [5.41, 5.74) is 4.57. The van der Waals surface area contributed by atoms with Gasteiger partial charge >= 0.3 is 0 Å². The van der Waals surface area contributed by atoms with E-state index in [-0.39, 0.29) is 5.91 Å². The van der Waals surface area contributed by atoms with Crippen molar-refractivity contribution in [1.29, 1.82) is 0 Å². The summed E-state index contributed by atoms with van der Waals surface area (Å²) in [7, 11) is 0. The Bertz CT molecular complexity index is 800. The van der Waals surface area contributed by atoms with Gasteiger partial charge in [0.2, 0.25) is 0 Å². The summed E-state index contributed by atoms with van der Waals surface area (Å²) < 4.78 is 11.2. The summed E-state index contributed by atoms with van der Waals surface area (Å²) >= 11 is 0. The molecule has 1 atom stereocenters. The Kier molecular flexibility index (Phi) is 7.06. The third-order valence-electron chi connectivity index (χ3n) is 4.97. The molecule has 0 saturated carbocycles. The number of morpholine rings is 1. The highest BCUT2D eigenvalue weighted by Crippen LogP contribution is 2.20. The molecule has 0 bridgehead atoms. The van der Waals surface area contributed by atoms with Crippen molar-refractivity contribution in [2.45, 2.75) is 40.0 Å². The van der Waals surface area contributed by atoms with Gasteiger partial charge in [0.15, 0.2) is 6.10 Å². The number of aryl methyl sites for hydroxylation is 2. The molecule has 1 aliphatic rings. The largest absolute Gasteiger partial charge is 0.481 e. The van der Waals surface area contributed by atoms with Crippen LogP contribution in [0, 0.1) is 13.8 Å². The SMILES string of the molecule is Cc1ccc(OC(C)C(=O)NCc2cccc(CN3CCOCC3)c2)c(C)c1. The van der Waals surface area contributed by atoms with Gasteiger partial charge < -0.3 is 14.8 Å². The topological polar surface area (TPSA) is 50.8 Å². The number of ether oxygens (including phenoxy) is 2. The van der Waals surface area contributed by atoms with Crippen LogP contribution in [-0.2, 0) is 22.6 Å². The van der Waals surface area contributed by atoms with Gasteiger partial charge in [-0.05, 0) is 43.5 Å². The molecule has 1 heterocycles. The molecule has 0 aromatic heterocycles. The van der Waals surface area contributed by atoms with Crippen molar-refractivity contribution < 1.29 is 14.3 Å². The maximum absolute atomic E-state index is 12.4. The molecule has 5 heteroatoms. The predicted molar refractivity (Wildman–Crippen MR) is 110 cm³/mol. The van der Waals surface area contributed by atoms with Crippen molar-refractivity contribution >= 4 is 5.91 Å². The van der Waals surface area contributed by atoms with Crippen LogP contribution >= 0.6 is 0 Å². The van der Waals surface area contributed by atoms with Gasteiger partial charge in [-0.15, -0.1) is 0 Å². The van der Waals surface area contributed by atoms with Gasteiger partial charge in [0.05, 0.1) is 13.2 Å². The molecule has 2 aromatic carbocycles. The summed E-state index contributed by atoms with van der Waals surface area (Å²) in [6, 6.07) is 14.3. The number of hydrogen-bond acceptors (Lipinski definition) is 4. The number of carbonyl (C=O) groups excluding carboxylic acids is 1. The molecule has 1 fully saturated rings. The number of amides is 1. The molecule has 0 spiro atoms. The fourth-order valence-electron chi connectivity index (χ4n) is 3.36. The Morgan fingerprint density at radius 2 is 1.89 bits per heavy atom. The molecule has 0 aliphatic carbocycles. The van der Waals surface area contributed by atoms with E-state index in [1.807, 2.05) is 38.1 Å². The van der Waals surface area contributed by atoms with Crippen LogP contribution in [0.25, 0.3) is 0 Å². The number of nitrogens with zero attached hydrogens (tertiary/aromatic N) is 1. The molecule has 150 valence electrons. The maximum Gasteiger partial charge on any atom is 0.261 e. The molecule has 1 amide bonds. The first-order valence-corrected chi connectivity index (χ1v) is 9.91. The normalized spacial score (nSPS) is 15.8. The van der Waals surface area contributed by atoms with E-state index in [2.05, 4.69) is 28.4 Å². The molecular weight excluding hydrogens is 352 g/mol. The van der Waals surface area contributed by atoms with E-state index in [4.69, 9.17) is 9.47 Å². The minimum absolute atomic E-state index is 0.112. The molecule has 2 aromatic rings. The third kappa shape index (κ3) is 5.81. The van der Waals surface area contributed by atoms with Gasteiger partial charge in [-0.2, -0.15) is 0 Å². The zero-order valence-electron chi connectivity index (χ0n) is 17.0. The number of nitrogens with one attached hydrogen (secondary N) is 1. The van der Waals surface area contributed by atoms with E-state index in [0.29, 0.717) is 6.54 Å². The highest BCUT2D eigenvalue weighted by molar-refractivity contribution is 5.80. The quantitative estimate of drug-likeness (QED) is 0.799. The van der Waals surface area contributed by atoms with Gasteiger partial charge in [-0.3, -0.25) is 9.69 Å². The van der Waals surface area contributed by atoms with Gasteiger partial charge in [0.1, 0.15) is 5.75 Å².